The molecule has 2 rings (SSSR count). The largest absolute Gasteiger partial charge is 0.305 e. The average molecular weight is 258 g/mol. The number of hydrogen-bond donors (Lipinski definition) is 1. The normalized spacial score (nSPS) is 12.1. The van der Waals surface area contributed by atoms with Crippen molar-refractivity contribution in [3.63, 3.8) is 0 Å². The first-order valence-electron chi connectivity index (χ1n) is 5.89. The molecule has 0 saturated heterocycles. The number of aromatic nitrogens is 2. The zero-order valence-corrected chi connectivity index (χ0v) is 10.5. The number of nitro benzene ring substituents is 1. The molecular weight excluding hydrogens is 244 g/mol. The summed E-state index contributed by atoms with van der Waals surface area (Å²) in [5.74, 6) is 0. The van der Waals surface area contributed by atoms with Gasteiger partial charge in [-0.25, -0.2) is 0 Å². The minimum atomic E-state index is -0.393. The summed E-state index contributed by atoms with van der Waals surface area (Å²) in [6.45, 7) is 2.51. The fourth-order valence-electron chi connectivity index (χ4n) is 1.69. The second kappa shape index (κ2) is 6.01. The van der Waals surface area contributed by atoms with E-state index < -0.39 is 4.92 Å². The van der Waals surface area contributed by atoms with E-state index in [2.05, 4.69) is 15.3 Å². The Labute approximate surface area is 110 Å². The highest BCUT2D eigenvalue weighted by Crippen LogP contribution is 2.14. The lowest BCUT2D eigenvalue weighted by Crippen LogP contribution is -2.19. The van der Waals surface area contributed by atoms with Crippen LogP contribution in [0.1, 0.15) is 24.2 Å². The smallest absolute Gasteiger partial charge is 0.269 e. The first kappa shape index (κ1) is 13.1. The van der Waals surface area contributed by atoms with E-state index in [-0.39, 0.29) is 11.7 Å². The second-order valence-corrected chi connectivity index (χ2v) is 4.16. The molecule has 0 aliphatic rings. The van der Waals surface area contributed by atoms with Crippen molar-refractivity contribution in [1.29, 1.82) is 0 Å². The summed E-state index contributed by atoms with van der Waals surface area (Å²) < 4.78 is 0. The van der Waals surface area contributed by atoms with E-state index in [0.717, 1.165) is 11.3 Å². The summed E-state index contributed by atoms with van der Waals surface area (Å²) >= 11 is 0. The van der Waals surface area contributed by atoms with Gasteiger partial charge in [0.05, 0.1) is 10.6 Å². The van der Waals surface area contributed by atoms with Crippen molar-refractivity contribution in [3.05, 3.63) is 64.2 Å². The molecule has 1 aromatic carbocycles. The molecule has 1 N–H and O–H groups in total. The number of nitro groups is 1. The van der Waals surface area contributed by atoms with Gasteiger partial charge in [0.25, 0.3) is 5.69 Å². The third kappa shape index (κ3) is 3.56. The molecule has 98 valence electrons. The Hall–Kier alpha value is -2.34. The van der Waals surface area contributed by atoms with Gasteiger partial charge in [-0.1, -0.05) is 12.1 Å². The van der Waals surface area contributed by atoms with Gasteiger partial charge in [0, 0.05) is 43.3 Å². The molecule has 2 aromatic rings. The predicted molar refractivity (Wildman–Crippen MR) is 70.4 cm³/mol. The third-order valence-electron chi connectivity index (χ3n) is 2.76. The number of hydrogen-bond acceptors (Lipinski definition) is 5. The van der Waals surface area contributed by atoms with Crippen LogP contribution in [-0.4, -0.2) is 14.9 Å². The fourth-order valence-corrected chi connectivity index (χ4v) is 1.69. The highest BCUT2D eigenvalue weighted by Gasteiger charge is 2.08. The summed E-state index contributed by atoms with van der Waals surface area (Å²) in [7, 11) is 0. The minimum Gasteiger partial charge on any atom is -0.305 e. The van der Waals surface area contributed by atoms with Crippen LogP contribution in [0, 0.1) is 10.1 Å². The van der Waals surface area contributed by atoms with Gasteiger partial charge in [-0.15, -0.1) is 0 Å². The zero-order valence-electron chi connectivity index (χ0n) is 10.5. The highest BCUT2D eigenvalue weighted by atomic mass is 16.6. The van der Waals surface area contributed by atoms with Gasteiger partial charge in [0.1, 0.15) is 0 Å². The molecule has 0 aliphatic carbocycles. The predicted octanol–water partition coefficient (Wildman–Crippen LogP) is 2.24. The maximum absolute atomic E-state index is 10.7. The average Bonchev–Trinajstić information content (AvgIpc) is 2.46. The van der Waals surface area contributed by atoms with Crippen LogP contribution in [-0.2, 0) is 6.54 Å². The quantitative estimate of drug-likeness (QED) is 0.657. The van der Waals surface area contributed by atoms with Crippen LogP contribution >= 0.6 is 0 Å². The third-order valence-corrected chi connectivity index (χ3v) is 2.76. The maximum Gasteiger partial charge on any atom is 0.269 e. The van der Waals surface area contributed by atoms with Gasteiger partial charge in [-0.05, 0) is 12.5 Å². The molecule has 19 heavy (non-hydrogen) atoms. The topological polar surface area (TPSA) is 81.0 Å². The molecule has 0 amide bonds. The number of nitrogens with one attached hydrogen (secondary N) is 1. The van der Waals surface area contributed by atoms with Crippen LogP contribution < -0.4 is 5.32 Å². The standard InChI is InChI=1S/C13H14N4O2/c1-10(13-9-14-5-6-15-13)16-8-11-3-2-4-12(7-11)17(18)19/h2-7,9-10,16H,8H2,1H3. The Kier molecular flexibility index (Phi) is 4.15. The second-order valence-electron chi connectivity index (χ2n) is 4.16. The van der Waals surface area contributed by atoms with Crippen LogP contribution in [0.5, 0.6) is 0 Å². The molecule has 0 saturated carbocycles. The lowest BCUT2D eigenvalue weighted by Gasteiger charge is -2.12. The molecule has 0 fully saturated rings. The van der Waals surface area contributed by atoms with Crippen molar-refractivity contribution in [2.24, 2.45) is 0 Å². The van der Waals surface area contributed by atoms with Crippen LogP contribution in [0.2, 0.25) is 0 Å². The van der Waals surface area contributed by atoms with Gasteiger partial charge >= 0.3 is 0 Å². The Morgan fingerprint density at radius 2 is 2.26 bits per heavy atom. The monoisotopic (exact) mass is 258 g/mol. The van der Waals surface area contributed by atoms with Crippen molar-refractivity contribution in [3.8, 4) is 0 Å². The van der Waals surface area contributed by atoms with Crippen LogP contribution in [0.3, 0.4) is 0 Å². The van der Waals surface area contributed by atoms with Crippen LogP contribution in [0.4, 0.5) is 5.69 Å². The summed E-state index contributed by atoms with van der Waals surface area (Å²) in [4.78, 5) is 18.5. The molecule has 1 heterocycles. The van der Waals surface area contributed by atoms with Crippen molar-refractivity contribution in [2.45, 2.75) is 19.5 Å². The Bertz CT molecular complexity index is 560. The van der Waals surface area contributed by atoms with Gasteiger partial charge in [-0.3, -0.25) is 20.1 Å². The molecule has 0 spiro atoms. The minimum absolute atomic E-state index is 0.0352. The highest BCUT2D eigenvalue weighted by molar-refractivity contribution is 5.34. The van der Waals surface area contributed by atoms with E-state index in [9.17, 15) is 10.1 Å². The summed E-state index contributed by atoms with van der Waals surface area (Å²) in [5, 5.41) is 13.9. The van der Waals surface area contributed by atoms with Crippen LogP contribution in [0.25, 0.3) is 0 Å². The molecule has 0 bridgehead atoms. The molecule has 0 radical (unpaired) electrons. The maximum atomic E-state index is 10.7. The number of nitrogens with zero attached hydrogens (tertiary/aromatic N) is 3. The number of rotatable bonds is 5. The number of benzene rings is 1. The van der Waals surface area contributed by atoms with E-state index >= 15 is 0 Å². The number of non-ortho nitro benzene ring substituents is 1. The van der Waals surface area contributed by atoms with Gasteiger partial charge in [0.15, 0.2) is 0 Å². The van der Waals surface area contributed by atoms with Crippen molar-refractivity contribution < 1.29 is 4.92 Å². The van der Waals surface area contributed by atoms with E-state index in [1.165, 1.54) is 6.07 Å². The molecular formula is C13H14N4O2. The van der Waals surface area contributed by atoms with Crippen molar-refractivity contribution >= 4 is 5.69 Å². The van der Waals surface area contributed by atoms with Crippen molar-refractivity contribution in [2.75, 3.05) is 0 Å². The zero-order chi connectivity index (χ0) is 13.7. The first-order valence-corrected chi connectivity index (χ1v) is 5.89. The molecule has 0 aliphatic heterocycles. The van der Waals surface area contributed by atoms with Crippen LogP contribution in [0.15, 0.2) is 42.9 Å². The van der Waals surface area contributed by atoms with E-state index in [0.29, 0.717) is 6.54 Å². The summed E-state index contributed by atoms with van der Waals surface area (Å²) in [6, 6.07) is 6.62. The van der Waals surface area contributed by atoms with Crippen molar-refractivity contribution in [1.82, 2.24) is 15.3 Å². The molecule has 1 unspecified atom stereocenters. The Morgan fingerprint density at radius 3 is 2.95 bits per heavy atom. The van der Waals surface area contributed by atoms with E-state index in [1.807, 2.05) is 13.0 Å². The Morgan fingerprint density at radius 1 is 1.42 bits per heavy atom. The molecule has 6 nitrogen and oxygen atoms in total. The van der Waals surface area contributed by atoms with Gasteiger partial charge in [0.2, 0.25) is 0 Å². The SMILES string of the molecule is CC(NCc1cccc([N+](=O)[O-])c1)c1cnccn1. The molecule has 6 heteroatoms. The lowest BCUT2D eigenvalue weighted by atomic mass is 10.2. The van der Waals surface area contributed by atoms with Gasteiger partial charge < -0.3 is 5.32 Å². The Balaban J connectivity index is 1.99. The molecule has 1 aromatic heterocycles. The first-order chi connectivity index (χ1) is 9.16. The fraction of sp³-hybridized carbons (Fsp3) is 0.231. The lowest BCUT2D eigenvalue weighted by molar-refractivity contribution is -0.384. The summed E-state index contributed by atoms with van der Waals surface area (Å²) in [5.41, 5.74) is 1.81. The summed E-state index contributed by atoms with van der Waals surface area (Å²) in [6.07, 6.45) is 4.96. The van der Waals surface area contributed by atoms with E-state index in [4.69, 9.17) is 0 Å². The van der Waals surface area contributed by atoms with E-state index in [1.54, 1.807) is 30.7 Å². The van der Waals surface area contributed by atoms with Gasteiger partial charge in [-0.2, -0.15) is 0 Å². The molecule has 1 atom stereocenters.